The molecule has 1 aliphatic rings. The van der Waals surface area contributed by atoms with Crippen molar-refractivity contribution in [2.75, 3.05) is 11.9 Å². The van der Waals surface area contributed by atoms with Gasteiger partial charge in [0, 0.05) is 18.7 Å². The van der Waals surface area contributed by atoms with Crippen LogP contribution in [0.5, 0.6) is 0 Å². The average molecular weight is 249 g/mol. The van der Waals surface area contributed by atoms with E-state index in [2.05, 4.69) is 12.2 Å². The number of carbonyl (C=O) groups is 1. The Hall–Kier alpha value is -1.55. The molecule has 0 amide bonds. The normalized spacial score (nSPS) is 22.9. The number of aliphatic carboxylic acids is 1. The number of carboxylic acid groups (broad SMARTS) is 1. The van der Waals surface area contributed by atoms with Crippen molar-refractivity contribution in [3.8, 4) is 0 Å². The van der Waals surface area contributed by atoms with E-state index in [0.29, 0.717) is 12.5 Å². The molecule has 0 aromatic heterocycles. The summed E-state index contributed by atoms with van der Waals surface area (Å²) in [5.74, 6) is -0.758. The minimum absolute atomic E-state index is 0.173. The van der Waals surface area contributed by atoms with Crippen LogP contribution in [0.1, 0.15) is 25.3 Å². The predicted octanol–water partition coefficient (Wildman–Crippen LogP) is 2.29. The molecule has 4 nitrogen and oxygen atoms in total. The van der Waals surface area contributed by atoms with E-state index < -0.39 is 5.97 Å². The molecule has 0 saturated carbocycles. The summed E-state index contributed by atoms with van der Waals surface area (Å²) in [4.78, 5) is 10.5. The molecule has 0 spiro atoms. The highest BCUT2D eigenvalue weighted by atomic mass is 16.5. The van der Waals surface area contributed by atoms with Crippen LogP contribution in [0.2, 0.25) is 0 Å². The van der Waals surface area contributed by atoms with Crippen molar-refractivity contribution in [1.82, 2.24) is 0 Å². The molecule has 98 valence electrons. The van der Waals surface area contributed by atoms with Gasteiger partial charge in [-0.3, -0.25) is 4.79 Å². The highest BCUT2D eigenvalue weighted by molar-refractivity contribution is 5.67. The number of nitrogens with one attached hydrogen (secondary N) is 1. The maximum absolute atomic E-state index is 10.5. The van der Waals surface area contributed by atoms with Crippen LogP contribution in [0.4, 0.5) is 5.69 Å². The Bertz CT molecular complexity index is 419. The molecule has 1 saturated heterocycles. The van der Waals surface area contributed by atoms with Gasteiger partial charge in [-0.1, -0.05) is 12.1 Å². The second-order valence-corrected chi connectivity index (χ2v) is 4.71. The third-order valence-electron chi connectivity index (χ3n) is 3.28. The first-order valence-corrected chi connectivity index (χ1v) is 6.34. The van der Waals surface area contributed by atoms with Gasteiger partial charge >= 0.3 is 5.97 Å². The Morgan fingerprint density at radius 1 is 1.56 bits per heavy atom. The molecule has 18 heavy (non-hydrogen) atoms. The number of hydrogen-bond acceptors (Lipinski definition) is 3. The van der Waals surface area contributed by atoms with Crippen LogP contribution in [-0.4, -0.2) is 29.8 Å². The van der Waals surface area contributed by atoms with Gasteiger partial charge in [0.25, 0.3) is 0 Å². The van der Waals surface area contributed by atoms with Crippen molar-refractivity contribution < 1.29 is 14.6 Å². The number of hydrogen-bond donors (Lipinski definition) is 2. The molecule has 0 bridgehead atoms. The molecule has 1 fully saturated rings. The van der Waals surface area contributed by atoms with Gasteiger partial charge in [0.1, 0.15) is 0 Å². The molecular formula is C14H19NO3. The molecule has 2 unspecified atom stereocenters. The zero-order chi connectivity index (χ0) is 13.0. The molecule has 1 aromatic rings. The lowest BCUT2D eigenvalue weighted by atomic mass is 10.1. The Balaban J connectivity index is 1.96. The lowest BCUT2D eigenvalue weighted by molar-refractivity contribution is -0.136. The van der Waals surface area contributed by atoms with Crippen molar-refractivity contribution in [2.45, 2.75) is 38.3 Å². The summed E-state index contributed by atoms with van der Waals surface area (Å²) in [6.07, 6.45) is 1.99. The Morgan fingerprint density at radius 2 is 2.39 bits per heavy atom. The first-order chi connectivity index (χ1) is 8.65. The summed E-state index contributed by atoms with van der Waals surface area (Å²) in [6.45, 7) is 2.87. The van der Waals surface area contributed by atoms with Crippen LogP contribution >= 0.6 is 0 Å². The van der Waals surface area contributed by atoms with Gasteiger partial charge in [0.15, 0.2) is 0 Å². The van der Waals surface area contributed by atoms with E-state index in [1.165, 1.54) is 0 Å². The molecular weight excluding hydrogens is 230 g/mol. The molecule has 0 radical (unpaired) electrons. The topological polar surface area (TPSA) is 58.6 Å². The van der Waals surface area contributed by atoms with Crippen LogP contribution in [0.3, 0.4) is 0 Å². The van der Waals surface area contributed by atoms with Crippen LogP contribution < -0.4 is 5.32 Å². The van der Waals surface area contributed by atoms with Gasteiger partial charge < -0.3 is 15.2 Å². The molecule has 1 heterocycles. The zero-order valence-electron chi connectivity index (χ0n) is 10.6. The zero-order valence-corrected chi connectivity index (χ0v) is 10.6. The highest BCUT2D eigenvalue weighted by Crippen LogP contribution is 2.20. The first kappa shape index (κ1) is 12.9. The molecule has 1 aromatic carbocycles. The van der Waals surface area contributed by atoms with E-state index in [-0.39, 0.29) is 12.5 Å². The number of ether oxygens (including phenoxy) is 1. The number of aryl methyl sites for hydroxylation is 1. The van der Waals surface area contributed by atoms with E-state index in [1.807, 2.05) is 24.3 Å². The van der Waals surface area contributed by atoms with E-state index in [1.54, 1.807) is 0 Å². The fourth-order valence-corrected chi connectivity index (χ4v) is 2.20. The van der Waals surface area contributed by atoms with Crippen LogP contribution in [0, 0.1) is 0 Å². The lowest BCUT2D eigenvalue weighted by Gasteiger charge is -2.17. The van der Waals surface area contributed by atoms with Crippen molar-refractivity contribution in [3.63, 3.8) is 0 Å². The van der Waals surface area contributed by atoms with Gasteiger partial charge in [-0.25, -0.2) is 0 Å². The van der Waals surface area contributed by atoms with Gasteiger partial charge in [0.05, 0.1) is 12.1 Å². The molecule has 4 heteroatoms. The van der Waals surface area contributed by atoms with Crippen LogP contribution in [0.25, 0.3) is 0 Å². The second-order valence-electron chi connectivity index (χ2n) is 4.71. The van der Waals surface area contributed by atoms with Crippen LogP contribution in [0.15, 0.2) is 24.3 Å². The minimum atomic E-state index is -0.758. The fourth-order valence-electron chi connectivity index (χ4n) is 2.20. The van der Waals surface area contributed by atoms with Gasteiger partial charge in [-0.05, 0) is 37.5 Å². The largest absolute Gasteiger partial charge is 0.481 e. The van der Waals surface area contributed by atoms with Crippen molar-refractivity contribution >= 4 is 11.7 Å². The van der Waals surface area contributed by atoms with Gasteiger partial charge in [0.2, 0.25) is 0 Å². The summed E-state index contributed by atoms with van der Waals surface area (Å²) in [6, 6.07) is 8.30. The quantitative estimate of drug-likeness (QED) is 0.840. The molecule has 2 rings (SSSR count). The molecule has 2 N–H and O–H groups in total. The smallest absolute Gasteiger partial charge is 0.303 e. The predicted molar refractivity (Wildman–Crippen MR) is 69.8 cm³/mol. The summed E-state index contributed by atoms with van der Waals surface area (Å²) >= 11 is 0. The monoisotopic (exact) mass is 249 g/mol. The SMILES string of the molecule is CC1OCCC1Nc1cccc(CCC(=O)O)c1. The third kappa shape index (κ3) is 3.47. The standard InChI is InChI=1S/C14H19NO3/c1-10-13(7-8-18-10)15-12-4-2-3-11(9-12)5-6-14(16)17/h2-4,9-10,13,15H,5-8H2,1H3,(H,16,17). The molecule has 1 aliphatic heterocycles. The fraction of sp³-hybridized carbons (Fsp3) is 0.500. The first-order valence-electron chi connectivity index (χ1n) is 6.34. The summed E-state index contributed by atoms with van der Waals surface area (Å²) in [7, 11) is 0. The van der Waals surface area contributed by atoms with E-state index in [0.717, 1.165) is 24.3 Å². The molecule has 2 atom stereocenters. The Labute approximate surface area is 107 Å². The number of carboxylic acids is 1. The van der Waals surface area contributed by atoms with E-state index in [9.17, 15) is 4.79 Å². The highest BCUT2D eigenvalue weighted by Gasteiger charge is 2.23. The molecule has 0 aliphatic carbocycles. The minimum Gasteiger partial charge on any atom is -0.481 e. The Kier molecular flexibility index (Phi) is 4.20. The van der Waals surface area contributed by atoms with Gasteiger partial charge in [-0.2, -0.15) is 0 Å². The van der Waals surface area contributed by atoms with Crippen molar-refractivity contribution in [2.24, 2.45) is 0 Å². The van der Waals surface area contributed by atoms with Crippen LogP contribution in [-0.2, 0) is 16.0 Å². The lowest BCUT2D eigenvalue weighted by Crippen LogP contribution is -2.26. The van der Waals surface area contributed by atoms with Crippen molar-refractivity contribution in [1.29, 1.82) is 0 Å². The van der Waals surface area contributed by atoms with E-state index >= 15 is 0 Å². The number of rotatable bonds is 5. The third-order valence-corrected chi connectivity index (χ3v) is 3.28. The average Bonchev–Trinajstić information content (AvgIpc) is 2.73. The summed E-state index contributed by atoms with van der Waals surface area (Å²) in [5.41, 5.74) is 2.09. The number of benzene rings is 1. The van der Waals surface area contributed by atoms with Gasteiger partial charge in [-0.15, -0.1) is 0 Å². The van der Waals surface area contributed by atoms with E-state index in [4.69, 9.17) is 9.84 Å². The Morgan fingerprint density at radius 3 is 3.06 bits per heavy atom. The second kappa shape index (κ2) is 5.87. The maximum Gasteiger partial charge on any atom is 0.303 e. The summed E-state index contributed by atoms with van der Waals surface area (Å²) < 4.78 is 5.51. The van der Waals surface area contributed by atoms with Crippen molar-refractivity contribution in [3.05, 3.63) is 29.8 Å². The number of anilines is 1. The maximum atomic E-state index is 10.5. The summed E-state index contributed by atoms with van der Waals surface area (Å²) in [5, 5.41) is 12.1.